The van der Waals surface area contributed by atoms with Crippen molar-refractivity contribution in [2.75, 3.05) is 26.4 Å². The third kappa shape index (κ3) is 4.10. The third-order valence-corrected chi connectivity index (χ3v) is 4.38. The van der Waals surface area contributed by atoms with Crippen molar-refractivity contribution in [1.29, 1.82) is 0 Å². The van der Waals surface area contributed by atoms with Gasteiger partial charge in [-0.05, 0) is 24.3 Å². The maximum absolute atomic E-state index is 5.74. The van der Waals surface area contributed by atoms with E-state index in [4.69, 9.17) is 18.9 Å². The first-order valence-electron chi connectivity index (χ1n) is 8.95. The van der Waals surface area contributed by atoms with Gasteiger partial charge in [-0.2, -0.15) is 0 Å². The van der Waals surface area contributed by atoms with Crippen molar-refractivity contribution >= 4 is 0 Å². The van der Waals surface area contributed by atoms with Crippen molar-refractivity contribution in [2.45, 2.75) is 12.2 Å². The summed E-state index contributed by atoms with van der Waals surface area (Å²) < 4.78 is 23.6. The summed E-state index contributed by atoms with van der Waals surface area (Å²) in [6.07, 6.45) is 2.36. The number of benzene rings is 2. The molecular formula is C20H19N3O4. The lowest BCUT2D eigenvalue weighted by molar-refractivity contribution is 0.263. The lowest BCUT2D eigenvalue weighted by atomic mass is 10.1. The molecule has 2 aliphatic heterocycles. The van der Waals surface area contributed by atoms with Crippen LogP contribution >= 0.6 is 0 Å². The van der Waals surface area contributed by atoms with Crippen LogP contribution in [0.2, 0.25) is 0 Å². The minimum atomic E-state index is 0.229. The molecule has 1 aromatic heterocycles. The molecule has 3 heterocycles. The van der Waals surface area contributed by atoms with Gasteiger partial charge in [-0.3, -0.25) is 0 Å². The lowest BCUT2D eigenvalue weighted by Crippen LogP contribution is -2.04. The van der Waals surface area contributed by atoms with E-state index in [1.165, 1.54) is 0 Å². The Hall–Kier alpha value is -2.90. The Morgan fingerprint density at radius 1 is 0.926 bits per heavy atom. The Morgan fingerprint density at radius 3 is 2.30 bits per heavy atom. The molecule has 2 atom stereocenters. The highest BCUT2D eigenvalue weighted by molar-refractivity contribution is 5.60. The minimum absolute atomic E-state index is 0.229. The van der Waals surface area contributed by atoms with Crippen molar-refractivity contribution in [3.8, 4) is 28.4 Å². The van der Waals surface area contributed by atoms with E-state index >= 15 is 0 Å². The summed E-state index contributed by atoms with van der Waals surface area (Å²) in [5.41, 5.74) is 2.62. The van der Waals surface area contributed by atoms with E-state index in [0.717, 1.165) is 41.7 Å². The predicted octanol–water partition coefficient (Wildman–Crippen LogP) is 2.49. The molecule has 0 saturated carbocycles. The zero-order chi connectivity index (χ0) is 18.1. The molecule has 2 fully saturated rings. The molecule has 138 valence electrons. The van der Waals surface area contributed by atoms with Crippen LogP contribution in [-0.2, 0) is 9.47 Å². The monoisotopic (exact) mass is 365 g/mol. The van der Waals surface area contributed by atoms with Crippen molar-refractivity contribution in [3.63, 3.8) is 0 Å². The van der Waals surface area contributed by atoms with Gasteiger partial charge in [0.25, 0.3) is 0 Å². The Morgan fingerprint density at radius 2 is 1.59 bits per heavy atom. The predicted molar refractivity (Wildman–Crippen MR) is 97.3 cm³/mol. The van der Waals surface area contributed by atoms with Crippen LogP contribution in [-0.4, -0.2) is 53.6 Å². The van der Waals surface area contributed by atoms with Crippen molar-refractivity contribution in [2.24, 2.45) is 0 Å². The molecule has 7 nitrogen and oxygen atoms in total. The Balaban J connectivity index is 1.31. The lowest BCUT2D eigenvalue weighted by Gasteiger charge is -2.06. The smallest absolute Gasteiger partial charge is 0.121 e. The molecule has 3 aromatic rings. The minimum Gasteiger partial charge on any atom is -0.491 e. The van der Waals surface area contributed by atoms with E-state index in [1.807, 2.05) is 54.7 Å². The third-order valence-electron chi connectivity index (χ3n) is 4.38. The first-order chi connectivity index (χ1) is 13.3. The van der Waals surface area contributed by atoms with Gasteiger partial charge in [0.05, 0.1) is 25.1 Å². The van der Waals surface area contributed by atoms with Gasteiger partial charge in [0, 0.05) is 11.6 Å². The quantitative estimate of drug-likeness (QED) is 0.571. The second kappa shape index (κ2) is 7.02. The van der Waals surface area contributed by atoms with E-state index in [9.17, 15) is 0 Å². The van der Waals surface area contributed by atoms with E-state index in [2.05, 4.69) is 10.3 Å². The summed E-state index contributed by atoms with van der Waals surface area (Å²) in [5.74, 6) is 1.59. The highest BCUT2D eigenvalue weighted by Crippen LogP contribution is 2.24. The zero-order valence-electron chi connectivity index (χ0n) is 14.7. The van der Waals surface area contributed by atoms with Crippen LogP contribution in [0.15, 0.2) is 54.7 Å². The molecule has 0 radical (unpaired) electrons. The summed E-state index contributed by atoms with van der Waals surface area (Å²) in [4.78, 5) is 0. The molecule has 0 aliphatic carbocycles. The molecular weight excluding hydrogens is 346 g/mol. The number of nitrogens with zero attached hydrogens (tertiary/aromatic N) is 3. The molecule has 0 bridgehead atoms. The number of hydrogen-bond acceptors (Lipinski definition) is 6. The standard InChI is InChI=1S/C20H19N3O4/c1-3-14(7-16(5-1)24-10-18-12-26-18)20-9-23(22-21-20)15-4-2-6-17(8-15)25-11-19-13-27-19/h1-9,18-19H,10-13H2. The van der Waals surface area contributed by atoms with Gasteiger partial charge >= 0.3 is 0 Å². The average Bonchev–Trinajstić information content (AvgIpc) is 3.64. The van der Waals surface area contributed by atoms with Crippen molar-refractivity contribution in [1.82, 2.24) is 15.0 Å². The fraction of sp³-hybridized carbons (Fsp3) is 0.300. The van der Waals surface area contributed by atoms with E-state index in [0.29, 0.717) is 13.2 Å². The number of hydrogen-bond donors (Lipinski definition) is 0. The van der Waals surface area contributed by atoms with Crippen molar-refractivity contribution < 1.29 is 18.9 Å². The van der Waals surface area contributed by atoms with Gasteiger partial charge in [-0.1, -0.05) is 23.4 Å². The van der Waals surface area contributed by atoms with Crippen LogP contribution < -0.4 is 9.47 Å². The van der Waals surface area contributed by atoms with Gasteiger partial charge in [0.1, 0.15) is 42.6 Å². The van der Waals surface area contributed by atoms with Crippen LogP contribution in [0.4, 0.5) is 0 Å². The number of ether oxygens (including phenoxy) is 4. The van der Waals surface area contributed by atoms with Gasteiger partial charge < -0.3 is 18.9 Å². The number of epoxide rings is 2. The van der Waals surface area contributed by atoms with Gasteiger partial charge in [-0.15, -0.1) is 5.10 Å². The van der Waals surface area contributed by atoms with Gasteiger partial charge in [-0.25, -0.2) is 4.68 Å². The SMILES string of the molecule is c1cc(OCC2CO2)cc(-c2cn(-c3cccc(OCC4CO4)c3)nn2)c1. The molecule has 2 unspecified atom stereocenters. The number of aromatic nitrogens is 3. The van der Waals surface area contributed by atoms with Crippen LogP contribution in [0, 0.1) is 0 Å². The maximum Gasteiger partial charge on any atom is 0.121 e. The fourth-order valence-electron chi connectivity index (χ4n) is 2.69. The number of rotatable bonds is 8. The van der Waals surface area contributed by atoms with Crippen molar-refractivity contribution in [3.05, 3.63) is 54.7 Å². The summed E-state index contributed by atoms with van der Waals surface area (Å²) in [7, 11) is 0. The molecule has 7 heteroatoms. The van der Waals surface area contributed by atoms with Gasteiger partial charge in [0.2, 0.25) is 0 Å². The molecule has 2 aliphatic rings. The summed E-state index contributed by atoms with van der Waals surface area (Å²) in [5, 5.41) is 8.55. The molecule has 0 amide bonds. The molecule has 0 spiro atoms. The first kappa shape index (κ1) is 16.3. The van der Waals surface area contributed by atoms with Gasteiger partial charge in [0.15, 0.2) is 0 Å². The summed E-state index contributed by atoms with van der Waals surface area (Å²) in [6, 6.07) is 15.6. The van der Waals surface area contributed by atoms with E-state index < -0.39 is 0 Å². The second-order valence-electron chi connectivity index (χ2n) is 6.61. The van der Waals surface area contributed by atoms with E-state index in [1.54, 1.807) is 4.68 Å². The average molecular weight is 365 g/mol. The second-order valence-corrected chi connectivity index (χ2v) is 6.61. The highest BCUT2D eigenvalue weighted by atomic mass is 16.6. The Bertz CT molecular complexity index is 860. The van der Waals surface area contributed by atoms with Crippen LogP contribution in [0.1, 0.15) is 0 Å². The summed E-state index contributed by atoms with van der Waals surface area (Å²) in [6.45, 7) is 2.71. The molecule has 0 N–H and O–H groups in total. The first-order valence-corrected chi connectivity index (χ1v) is 8.95. The largest absolute Gasteiger partial charge is 0.491 e. The summed E-state index contributed by atoms with van der Waals surface area (Å²) >= 11 is 0. The highest BCUT2D eigenvalue weighted by Gasteiger charge is 2.23. The van der Waals surface area contributed by atoms with Crippen LogP contribution in [0.25, 0.3) is 16.9 Å². The van der Waals surface area contributed by atoms with Crippen LogP contribution in [0.3, 0.4) is 0 Å². The Labute approximate surface area is 156 Å². The Kier molecular flexibility index (Phi) is 4.23. The van der Waals surface area contributed by atoms with Crippen LogP contribution in [0.5, 0.6) is 11.5 Å². The molecule has 5 rings (SSSR count). The molecule has 27 heavy (non-hydrogen) atoms. The van der Waals surface area contributed by atoms with E-state index in [-0.39, 0.29) is 12.2 Å². The molecule has 2 saturated heterocycles. The molecule has 2 aromatic carbocycles. The maximum atomic E-state index is 5.74. The fourth-order valence-corrected chi connectivity index (χ4v) is 2.69. The normalized spacial score (nSPS) is 20.3. The zero-order valence-corrected chi connectivity index (χ0v) is 14.7. The topological polar surface area (TPSA) is 74.2 Å².